The fraction of sp³-hybridized carbons (Fsp3) is 0.667. The largest absolute Gasteiger partial charge is 0.538 e. The van der Waals surface area contributed by atoms with Gasteiger partial charge in [-0.2, -0.15) is 22.0 Å². The Balaban J connectivity index is 4.14. The van der Waals surface area contributed by atoms with E-state index in [9.17, 15) is 26.7 Å². The molecule has 0 aliphatic carbocycles. The first-order valence-electron chi connectivity index (χ1n) is 2.20. The van der Waals surface area contributed by atoms with Gasteiger partial charge in [0.05, 0.1) is 0 Å². The van der Waals surface area contributed by atoms with Gasteiger partial charge in [-0.1, -0.05) is 4.89 Å². The standard InChI is InChI=1S/C3HF5O4/c4-2(5,6)3(7,8)12-11-1(9)10/h(H,9,10). The minimum atomic E-state index is -6.01. The maximum atomic E-state index is 11.6. The van der Waals surface area contributed by atoms with Crippen molar-refractivity contribution in [1.82, 2.24) is 0 Å². The average molecular weight is 196 g/mol. The first-order chi connectivity index (χ1) is 5.17. The molecule has 0 unspecified atom stereocenters. The molecule has 0 aromatic heterocycles. The minimum Gasteiger partial charge on any atom is -0.448 e. The van der Waals surface area contributed by atoms with Crippen molar-refractivity contribution in [2.75, 3.05) is 0 Å². The van der Waals surface area contributed by atoms with Gasteiger partial charge in [-0.15, -0.1) is 0 Å². The number of carbonyl (C=O) groups is 1. The van der Waals surface area contributed by atoms with Crippen LogP contribution in [0.1, 0.15) is 0 Å². The molecule has 9 heteroatoms. The van der Waals surface area contributed by atoms with Gasteiger partial charge in [0.25, 0.3) is 0 Å². The van der Waals surface area contributed by atoms with Crippen molar-refractivity contribution in [3.8, 4) is 0 Å². The lowest BCUT2D eigenvalue weighted by atomic mass is 10.6. The maximum Gasteiger partial charge on any atom is 0.538 e. The van der Waals surface area contributed by atoms with Crippen LogP contribution in [0.4, 0.5) is 26.7 Å². The van der Waals surface area contributed by atoms with E-state index in [2.05, 4.69) is 9.78 Å². The third-order valence-electron chi connectivity index (χ3n) is 0.548. The fourth-order valence-corrected chi connectivity index (χ4v) is 0.135. The van der Waals surface area contributed by atoms with Crippen molar-refractivity contribution >= 4 is 6.16 Å². The Morgan fingerprint density at radius 3 is 1.83 bits per heavy atom. The monoisotopic (exact) mass is 196 g/mol. The van der Waals surface area contributed by atoms with Crippen LogP contribution in [-0.2, 0) is 9.78 Å². The molecule has 72 valence electrons. The molecule has 0 aromatic rings. The van der Waals surface area contributed by atoms with Crippen LogP contribution in [0.25, 0.3) is 0 Å². The highest BCUT2D eigenvalue weighted by atomic mass is 19.4. The van der Waals surface area contributed by atoms with Crippen LogP contribution in [0.3, 0.4) is 0 Å². The molecule has 1 N–H and O–H groups in total. The van der Waals surface area contributed by atoms with Gasteiger partial charge in [-0.05, 0) is 0 Å². The molecule has 0 aliphatic heterocycles. The number of carboxylic acid groups (broad SMARTS) is 1. The Morgan fingerprint density at radius 2 is 1.58 bits per heavy atom. The van der Waals surface area contributed by atoms with Crippen molar-refractivity contribution < 1.29 is 41.6 Å². The summed E-state index contributed by atoms with van der Waals surface area (Å²) in [5.41, 5.74) is 0. The van der Waals surface area contributed by atoms with E-state index in [1.807, 2.05) is 0 Å². The molecule has 0 atom stereocenters. The molecule has 0 saturated heterocycles. The molecular formula is C3HF5O4. The van der Waals surface area contributed by atoms with E-state index in [4.69, 9.17) is 5.11 Å². The van der Waals surface area contributed by atoms with Crippen molar-refractivity contribution in [1.29, 1.82) is 0 Å². The molecule has 0 aliphatic rings. The second-order valence-electron chi connectivity index (χ2n) is 1.45. The van der Waals surface area contributed by atoms with E-state index in [0.717, 1.165) is 0 Å². The Kier molecular flexibility index (Phi) is 2.80. The predicted molar refractivity (Wildman–Crippen MR) is 21.2 cm³/mol. The molecule has 0 bridgehead atoms. The minimum absolute atomic E-state index is 2.30. The predicted octanol–water partition coefficient (Wildman–Crippen LogP) is 1.77. The summed E-state index contributed by atoms with van der Waals surface area (Å²) in [5.74, 6) is 0. The van der Waals surface area contributed by atoms with Crippen molar-refractivity contribution in [3.63, 3.8) is 0 Å². The number of halogens is 5. The number of hydrogen-bond acceptors (Lipinski definition) is 3. The zero-order valence-electron chi connectivity index (χ0n) is 5.06. The number of hydrogen-bond donors (Lipinski definition) is 1. The molecular weight excluding hydrogens is 195 g/mol. The van der Waals surface area contributed by atoms with Crippen molar-refractivity contribution in [3.05, 3.63) is 0 Å². The molecule has 12 heavy (non-hydrogen) atoms. The summed E-state index contributed by atoms with van der Waals surface area (Å²) in [7, 11) is 0. The van der Waals surface area contributed by atoms with Crippen LogP contribution < -0.4 is 0 Å². The molecule has 0 amide bonds. The molecule has 0 aromatic carbocycles. The van der Waals surface area contributed by atoms with Gasteiger partial charge in [0.1, 0.15) is 0 Å². The number of alkyl halides is 5. The van der Waals surface area contributed by atoms with E-state index in [1.54, 1.807) is 0 Å². The van der Waals surface area contributed by atoms with Gasteiger partial charge >= 0.3 is 18.4 Å². The van der Waals surface area contributed by atoms with E-state index < -0.39 is 18.4 Å². The molecule has 0 rings (SSSR count). The summed E-state index contributed by atoms with van der Waals surface area (Å²) >= 11 is 0. The van der Waals surface area contributed by atoms with Crippen molar-refractivity contribution in [2.24, 2.45) is 0 Å². The topological polar surface area (TPSA) is 55.8 Å². The van der Waals surface area contributed by atoms with Gasteiger partial charge in [0.15, 0.2) is 0 Å². The SMILES string of the molecule is O=C(O)OOC(F)(F)C(F)(F)F. The zero-order valence-corrected chi connectivity index (χ0v) is 5.06. The zero-order chi connectivity index (χ0) is 9.99. The molecule has 4 nitrogen and oxygen atoms in total. The van der Waals surface area contributed by atoms with E-state index in [-0.39, 0.29) is 0 Å². The highest BCUT2D eigenvalue weighted by molar-refractivity contribution is 5.55. The Bertz CT molecular complexity index is 174. The lowest BCUT2D eigenvalue weighted by molar-refractivity contribution is -0.486. The molecule has 0 saturated carbocycles. The van der Waals surface area contributed by atoms with Gasteiger partial charge < -0.3 is 5.11 Å². The van der Waals surface area contributed by atoms with Crippen LogP contribution in [0.2, 0.25) is 0 Å². The van der Waals surface area contributed by atoms with E-state index >= 15 is 0 Å². The van der Waals surface area contributed by atoms with E-state index in [0.29, 0.717) is 0 Å². The smallest absolute Gasteiger partial charge is 0.448 e. The van der Waals surface area contributed by atoms with E-state index in [1.165, 1.54) is 0 Å². The molecule has 0 radical (unpaired) electrons. The third kappa shape index (κ3) is 2.86. The lowest BCUT2D eigenvalue weighted by Gasteiger charge is -2.15. The summed E-state index contributed by atoms with van der Waals surface area (Å²) in [4.78, 5) is 14.2. The van der Waals surface area contributed by atoms with Crippen LogP contribution in [0, 0.1) is 0 Å². The highest BCUT2D eigenvalue weighted by Crippen LogP contribution is 2.36. The Hall–Kier alpha value is -1.12. The summed E-state index contributed by atoms with van der Waals surface area (Å²) in [6.07, 6.45) is -14.0. The van der Waals surface area contributed by atoms with Crippen LogP contribution in [0.5, 0.6) is 0 Å². The summed E-state index contributed by atoms with van der Waals surface area (Å²) in [6, 6.07) is 0. The van der Waals surface area contributed by atoms with Gasteiger partial charge in [-0.25, -0.2) is 4.79 Å². The van der Waals surface area contributed by atoms with Crippen molar-refractivity contribution in [2.45, 2.75) is 12.3 Å². The second-order valence-corrected chi connectivity index (χ2v) is 1.45. The maximum absolute atomic E-state index is 11.6. The lowest BCUT2D eigenvalue weighted by Crippen LogP contribution is -2.39. The Labute approximate surface area is 61.4 Å². The fourth-order valence-electron chi connectivity index (χ4n) is 0.135. The molecule has 0 spiro atoms. The van der Waals surface area contributed by atoms with Gasteiger partial charge in [-0.3, -0.25) is 4.89 Å². The third-order valence-corrected chi connectivity index (χ3v) is 0.548. The van der Waals surface area contributed by atoms with Crippen LogP contribution in [-0.4, -0.2) is 23.5 Å². The highest BCUT2D eigenvalue weighted by Gasteiger charge is 2.61. The first kappa shape index (κ1) is 10.9. The van der Waals surface area contributed by atoms with Gasteiger partial charge in [0.2, 0.25) is 0 Å². The second kappa shape index (κ2) is 3.09. The van der Waals surface area contributed by atoms with Crippen LogP contribution in [0.15, 0.2) is 0 Å². The molecule has 0 heterocycles. The molecule has 0 fully saturated rings. The Morgan fingerprint density at radius 1 is 1.17 bits per heavy atom. The number of rotatable bonds is 2. The van der Waals surface area contributed by atoms with Gasteiger partial charge in [0, 0.05) is 0 Å². The summed E-state index contributed by atoms with van der Waals surface area (Å²) in [6.45, 7) is 0. The summed E-state index contributed by atoms with van der Waals surface area (Å²) in [5, 5.41) is 7.49. The van der Waals surface area contributed by atoms with Crippen LogP contribution >= 0.6 is 0 Å². The summed E-state index contributed by atoms with van der Waals surface area (Å²) < 4.78 is 56.5. The average Bonchev–Trinajstić information content (AvgIpc) is 1.81. The quantitative estimate of drug-likeness (QED) is 0.415. The normalized spacial score (nSPS) is 12.8. The first-order valence-corrected chi connectivity index (χ1v) is 2.20.